The first-order valence-electron chi connectivity index (χ1n) is 12.9. The zero-order valence-corrected chi connectivity index (χ0v) is 22.7. The molecule has 2 amide bonds. The molecule has 1 unspecified atom stereocenters. The summed E-state index contributed by atoms with van der Waals surface area (Å²) in [4.78, 5) is 30.4. The number of fused-ring (bicyclic) bond motifs is 1. The highest BCUT2D eigenvalue weighted by atomic mass is 16.5. The molecule has 0 aliphatic heterocycles. The van der Waals surface area contributed by atoms with E-state index in [1.165, 1.54) is 12.0 Å². The fourth-order valence-electron chi connectivity index (χ4n) is 4.30. The summed E-state index contributed by atoms with van der Waals surface area (Å²) in [5.41, 5.74) is 3.94. The van der Waals surface area contributed by atoms with Crippen LogP contribution in [0.25, 0.3) is 11.0 Å². The number of carbonyl (C=O) groups excluding carboxylic acids is 1. The predicted octanol–water partition coefficient (Wildman–Crippen LogP) is 5.73. The minimum absolute atomic E-state index is 0.202. The topological polar surface area (TPSA) is 106 Å². The maximum absolute atomic E-state index is 12.1. The van der Waals surface area contributed by atoms with Gasteiger partial charge in [0.1, 0.15) is 5.82 Å². The number of urea groups is 1. The predicted molar refractivity (Wildman–Crippen MR) is 151 cm³/mol. The molecule has 0 aliphatic rings. The fourth-order valence-corrected chi connectivity index (χ4v) is 4.30. The van der Waals surface area contributed by atoms with Gasteiger partial charge in [-0.15, -0.1) is 0 Å². The van der Waals surface area contributed by atoms with Gasteiger partial charge in [-0.1, -0.05) is 49.7 Å². The summed E-state index contributed by atoms with van der Waals surface area (Å²) in [7, 11) is 4.92. The molecule has 0 saturated heterocycles. The number of methoxy groups -OCH3 is 1. The van der Waals surface area contributed by atoms with Crippen LogP contribution in [0.1, 0.15) is 42.8 Å². The monoisotopic (exact) mass is 530 g/mol. The summed E-state index contributed by atoms with van der Waals surface area (Å²) in [6.07, 6.45) is 1.70. The van der Waals surface area contributed by atoms with Crippen molar-refractivity contribution >= 4 is 28.7 Å². The molecule has 4 rings (SSSR count). The second kappa shape index (κ2) is 12.3. The Morgan fingerprint density at radius 2 is 1.82 bits per heavy atom. The molecule has 1 atom stereocenters. The smallest absolute Gasteiger partial charge is 0.349 e. The molecule has 9 heteroatoms. The van der Waals surface area contributed by atoms with Crippen molar-refractivity contribution in [2.24, 2.45) is 0 Å². The molecule has 0 saturated carbocycles. The molecule has 3 aromatic carbocycles. The van der Waals surface area contributed by atoms with Crippen LogP contribution in [-0.2, 0) is 17.8 Å². The van der Waals surface area contributed by atoms with Crippen molar-refractivity contribution in [1.82, 2.24) is 14.5 Å². The Hall–Kier alpha value is -4.53. The van der Waals surface area contributed by atoms with E-state index >= 15 is 0 Å². The minimum atomic E-state index is -1.16. The van der Waals surface area contributed by atoms with Crippen molar-refractivity contribution in [3.05, 3.63) is 83.7 Å². The van der Waals surface area contributed by atoms with Crippen LogP contribution in [-0.4, -0.2) is 52.8 Å². The van der Waals surface area contributed by atoms with Crippen molar-refractivity contribution in [2.75, 3.05) is 26.5 Å². The normalized spacial score (nSPS) is 11.7. The number of carboxylic acid groups (broad SMARTS) is 1. The minimum Gasteiger partial charge on any atom is -0.493 e. The number of carbonyl (C=O) groups is 2. The lowest BCUT2D eigenvalue weighted by Gasteiger charge is -2.18. The number of hydrogen-bond acceptors (Lipinski definition) is 5. The van der Waals surface area contributed by atoms with Crippen molar-refractivity contribution in [2.45, 2.75) is 38.8 Å². The van der Waals surface area contributed by atoms with Gasteiger partial charge < -0.3 is 29.4 Å². The van der Waals surface area contributed by atoms with Gasteiger partial charge in [0, 0.05) is 38.3 Å². The molecule has 0 spiro atoms. The summed E-state index contributed by atoms with van der Waals surface area (Å²) in [6.45, 7) is 2.68. The van der Waals surface area contributed by atoms with Crippen LogP contribution in [0.2, 0.25) is 0 Å². The van der Waals surface area contributed by atoms with Gasteiger partial charge in [0.15, 0.2) is 11.5 Å². The summed E-state index contributed by atoms with van der Waals surface area (Å²) < 4.78 is 13.7. The Kier molecular flexibility index (Phi) is 8.70. The van der Waals surface area contributed by atoms with Crippen molar-refractivity contribution in [3.8, 4) is 11.5 Å². The lowest BCUT2D eigenvalue weighted by molar-refractivity contribution is -0.145. The number of unbranched alkanes of at least 4 members (excludes halogenated alkanes) is 1. The summed E-state index contributed by atoms with van der Waals surface area (Å²) in [5.74, 6) is 0.666. The van der Waals surface area contributed by atoms with Crippen LogP contribution >= 0.6 is 0 Å². The molecule has 4 aromatic rings. The van der Waals surface area contributed by atoms with Gasteiger partial charge in [0.05, 0.1) is 18.1 Å². The van der Waals surface area contributed by atoms with Crippen LogP contribution < -0.4 is 14.8 Å². The maximum Gasteiger partial charge on any atom is 0.349 e. The summed E-state index contributed by atoms with van der Waals surface area (Å²) in [6, 6.07) is 19.9. The molecule has 1 aromatic heterocycles. The Morgan fingerprint density at radius 1 is 1.05 bits per heavy atom. The van der Waals surface area contributed by atoms with E-state index < -0.39 is 12.1 Å². The quantitative estimate of drug-likeness (QED) is 0.256. The zero-order chi connectivity index (χ0) is 27.9. The largest absolute Gasteiger partial charge is 0.493 e. The molecule has 2 N–H and O–H groups in total. The first kappa shape index (κ1) is 27.5. The third-order valence-corrected chi connectivity index (χ3v) is 6.38. The highest BCUT2D eigenvalue weighted by Crippen LogP contribution is 2.33. The SMILES string of the molecule is CCCCc1nc2cc(NC(=O)N(C)C)ccc2n1Cc1ccc(OC(C(=O)O)c2ccccc2)c(OC)c1. The van der Waals surface area contributed by atoms with E-state index in [4.69, 9.17) is 14.5 Å². The molecule has 0 bridgehead atoms. The molecule has 0 radical (unpaired) electrons. The first-order chi connectivity index (χ1) is 18.8. The lowest BCUT2D eigenvalue weighted by atomic mass is 10.1. The standard InChI is InChI=1S/C30H34N4O5/c1-5-6-12-27-32-23-18-22(31-30(37)33(2)3)14-15-24(23)34(27)19-20-13-16-25(26(17-20)38-4)39-28(29(35)36)21-10-8-7-9-11-21/h7-11,13-18,28H,5-6,12,19H2,1-4H3,(H,31,37)(H,35,36). The summed E-state index contributed by atoms with van der Waals surface area (Å²) >= 11 is 0. The van der Waals surface area contributed by atoms with Gasteiger partial charge in [-0.05, 0) is 42.3 Å². The molecule has 204 valence electrons. The van der Waals surface area contributed by atoms with Gasteiger partial charge in [-0.3, -0.25) is 0 Å². The Bertz CT molecular complexity index is 1450. The number of anilines is 1. The molecular formula is C30H34N4O5. The lowest BCUT2D eigenvalue weighted by Crippen LogP contribution is -2.27. The zero-order valence-electron chi connectivity index (χ0n) is 22.7. The summed E-state index contributed by atoms with van der Waals surface area (Å²) in [5, 5.41) is 12.6. The van der Waals surface area contributed by atoms with Crippen LogP contribution in [0.5, 0.6) is 11.5 Å². The first-order valence-corrected chi connectivity index (χ1v) is 12.9. The van der Waals surface area contributed by atoms with Crippen molar-refractivity contribution in [3.63, 3.8) is 0 Å². The maximum atomic E-state index is 12.1. The second-order valence-corrected chi connectivity index (χ2v) is 9.48. The molecule has 0 fully saturated rings. The van der Waals surface area contributed by atoms with Crippen molar-refractivity contribution < 1.29 is 24.2 Å². The van der Waals surface area contributed by atoms with E-state index in [2.05, 4.69) is 16.8 Å². The van der Waals surface area contributed by atoms with E-state index in [1.54, 1.807) is 44.4 Å². The van der Waals surface area contributed by atoms with Crippen LogP contribution in [0.15, 0.2) is 66.7 Å². The number of nitrogens with one attached hydrogen (secondary N) is 1. The second-order valence-electron chi connectivity index (χ2n) is 9.48. The van der Waals surface area contributed by atoms with Gasteiger partial charge in [-0.25, -0.2) is 14.6 Å². The Balaban J connectivity index is 1.64. The molecule has 9 nitrogen and oxygen atoms in total. The van der Waals surface area contributed by atoms with E-state index in [0.29, 0.717) is 29.3 Å². The highest BCUT2D eigenvalue weighted by Gasteiger charge is 2.23. The molecule has 1 heterocycles. The number of imidazole rings is 1. The van der Waals surface area contributed by atoms with E-state index in [0.717, 1.165) is 41.7 Å². The number of aromatic nitrogens is 2. The Morgan fingerprint density at radius 3 is 2.49 bits per heavy atom. The van der Waals surface area contributed by atoms with E-state index in [-0.39, 0.29) is 6.03 Å². The number of ether oxygens (including phenoxy) is 2. The number of hydrogen-bond donors (Lipinski definition) is 2. The molecule has 0 aliphatic carbocycles. The van der Waals surface area contributed by atoms with Crippen LogP contribution in [0.3, 0.4) is 0 Å². The van der Waals surface area contributed by atoms with E-state index in [1.807, 2.05) is 36.4 Å². The van der Waals surface area contributed by atoms with Gasteiger partial charge >= 0.3 is 12.0 Å². The van der Waals surface area contributed by atoms with Gasteiger partial charge in [0.25, 0.3) is 0 Å². The van der Waals surface area contributed by atoms with Gasteiger partial charge in [0.2, 0.25) is 6.10 Å². The van der Waals surface area contributed by atoms with Gasteiger partial charge in [-0.2, -0.15) is 0 Å². The third-order valence-electron chi connectivity index (χ3n) is 6.38. The average Bonchev–Trinajstić information content (AvgIpc) is 3.27. The number of benzene rings is 3. The number of nitrogens with zero attached hydrogens (tertiary/aromatic N) is 3. The average molecular weight is 531 g/mol. The number of aliphatic carboxylic acids is 1. The van der Waals surface area contributed by atoms with Crippen LogP contribution in [0.4, 0.5) is 10.5 Å². The number of rotatable bonds is 11. The van der Waals surface area contributed by atoms with E-state index in [9.17, 15) is 14.7 Å². The van der Waals surface area contributed by atoms with Crippen LogP contribution in [0, 0.1) is 0 Å². The number of amides is 2. The molecule has 39 heavy (non-hydrogen) atoms. The Labute approximate surface area is 228 Å². The third kappa shape index (κ3) is 6.49. The highest BCUT2D eigenvalue weighted by molar-refractivity contribution is 5.91. The molecular weight excluding hydrogens is 496 g/mol. The number of aryl methyl sites for hydroxylation is 1. The van der Waals surface area contributed by atoms with Crippen molar-refractivity contribution in [1.29, 1.82) is 0 Å². The fraction of sp³-hybridized carbons (Fsp3) is 0.300. The number of carboxylic acids is 1.